The van der Waals surface area contributed by atoms with Crippen LogP contribution in [0.25, 0.3) is 21.8 Å². The summed E-state index contributed by atoms with van der Waals surface area (Å²) in [6, 6.07) is 18.5. The molecule has 0 aliphatic heterocycles. The van der Waals surface area contributed by atoms with Crippen molar-refractivity contribution in [2.45, 2.75) is 0 Å². The number of nitro groups is 1. The predicted molar refractivity (Wildman–Crippen MR) is 105 cm³/mol. The molecule has 7 nitrogen and oxygen atoms in total. The van der Waals surface area contributed by atoms with Gasteiger partial charge in [0.1, 0.15) is 0 Å². The van der Waals surface area contributed by atoms with Gasteiger partial charge < -0.3 is 11.1 Å². The Bertz CT molecular complexity index is 1200. The number of carbonyl (C=O) groups is 1. The van der Waals surface area contributed by atoms with Gasteiger partial charge in [-0.05, 0) is 36.4 Å². The number of carbonyl (C=O) groups excluding carboxylic acids is 1. The number of pyridine rings is 1. The van der Waals surface area contributed by atoms with Gasteiger partial charge in [0.05, 0.1) is 27.3 Å². The second-order valence-electron chi connectivity index (χ2n) is 6.03. The van der Waals surface area contributed by atoms with Gasteiger partial charge in [0.25, 0.3) is 11.6 Å². The molecule has 0 atom stereocenters. The number of non-ortho nitro benzene ring substituents is 1. The summed E-state index contributed by atoms with van der Waals surface area (Å²) < 4.78 is 0. The normalized spacial score (nSPS) is 10.8. The molecule has 3 N–H and O–H groups in total. The van der Waals surface area contributed by atoms with Crippen molar-refractivity contribution in [3.63, 3.8) is 0 Å². The Kier molecular flexibility index (Phi) is 3.89. The van der Waals surface area contributed by atoms with Crippen molar-refractivity contribution < 1.29 is 9.72 Å². The molecule has 1 aromatic heterocycles. The number of nitrogens with zero attached hydrogens (tertiary/aromatic N) is 2. The number of hydrogen-bond donors (Lipinski definition) is 2. The Balaban J connectivity index is 1.68. The van der Waals surface area contributed by atoms with Gasteiger partial charge in [-0.1, -0.05) is 18.2 Å². The van der Waals surface area contributed by atoms with Crippen molar-refractivity contribution in [3.05, 3.63) is 82.4 Å². The monoisotopic (exact) mass is 358 g/mol. The van der Waals surface area contributed by atoms with E-state index in [1.807, 2.05) is 30.3 Å². The van der Waals surface area contributed by atoms with Crippen molar-refractivity contribution in [1.82, 2.24) is 4.98 Å². The maximum absolute atomic E-state index is 12.4. The lowest BCUT2D eigenvalue weighted by atomic mass is 10.1. The molecule has 0 radical (unpaired) electrons. The molecule has 1 amide bonds. The topological polar surface area (TPSA) is 111 Å². The van der Waals surface area contributed by atoms with E-state index < -0.39 is 10.8 Å². The summed E-state index contributed by atoms with van der Waals surface area (Å²) in [5, 5.41) is 15.2. The van der Waals surface area contributed by atoms with Crippen LogP contribution in [0.2, 0.25) is 0 Å². The van der Waals surface area contributed by atoms with E-state index in [2.05, 4.69) is 10.3 Å². The zero-order chi connectivity index (χ0) is 19.0. The van der Waals surface area contributed by atoms with Gasteiger partial charge in [0, 0.05) is 28.5 Å². The van der Waals surface area contributed by atoms with Gasteiger partial charge in [0.15, 0.2) is 0 Å². The van der Waals surface area contributed by atoms with Crippen LogP contribution in [0, 0.1) is 10.1 Å². The van der Waals surface area contributed by atoms with Gasteiger partial charge in [-0.3, -0.25) is 14.9 Å². The summed E-state index contributed by atoms with van der Waals surface area (Å²) in [4.78, 5) is 27.2. The van der Waals surface area contributed by atoms with Gasteiger partial charge in [-0.15, -0.1) is 0 Å². The summed E-state index contributed by atoms with van der Waals surface area (Å²) in [5.41, 5.74) is 8.97. The lowest BCUT2D eigenvalue weighted by Gasteiger charge is -2.11. The lowest BCUT2D eigenvalue weighted by molar-refractivity contribution is -0.384. The molecule has 0 spiro atoms. The van der Waals surface area contributed by atoms with Crippen LogP contribution < -0.4 is 11.1 Å². The molecular formula is C20H14N4O3. The quantitative estimate of drug-likeness (QED) is 0.247. The minimum absolute atomic E-state index is 0.0743. The number of nitrogen functional groups attached to an aromatic ring is 1. The van der Waals surface area contributed by atoms with Crippen LogP contribution in [0.3, 0.4) is 0 Å². The fourth-order valence-corrected chi connectivity index (χ4v) is 2.91. The highest BCUT2D eigenvalue weighted by atomic mass is 16.6. The van der Waals surface area contributed by atoms with E-state index >= 15 is 0 Å². The molecule has 0 saturated carbocycles. The van der Waals surface area contributed by atoms with Crippen molar-refractivity contribution in [2.24, 2.45) is 0 Å². The maximum atomic E-state index is 12.4. The molecule has 1 heterocycles. The maximum Gasteiger partial charge on any atom is 0.269 e. The van der Waals surface area contributed by atoms with Crippen LogP contribution in [0.5, 0.6) is 0 Å². The summed E-state index contributed by atoms with van der Waals surface area (Å²) in [5.74, 6) is -0.398. The number of aromatic nitrogens is 1. The molecule has 0 saturated heterocycles. The first-order chi connectivity index (χ1) is 13.0. The van der Waals surface area contributed by atoms with Crippen LogP contribution >= 0.6 is 0 Å². The van der Waals surface area contributed by atoms with Gasteiger partial charge in [-0.2, -0.15) is 0 Å². The number of anilines is 2. The Morgan fingerprint density at radius 1 is 1.00 bits per heavy atom. The number of benzene rings is 3. The number of nitrogens with two attached hydrogens (primary N) is 1. The molecule has 0 aliphatic carbocycles. The van der Waals surface area contributed by atoms with E-state index in [-0.39, 0.29) is 5.69 Å². The number of fused-ring (bicyclic) bond motifs is 2. The molecule has 0 aliphatic rings. The Labute approximate surface area is 153 Å². The second kappa shape index (κ2) is 6.38. The fourth-order valence-electron chi connectivity index (χ4n) is 2.91. The summed E-state index contributed by atoms with van der Waals surface area (Å²) in [6.45, 7) is 0. The van der Waals surface area contributed by atoms with E-state index in [0.29, 0.717) is 16.9 Å². The van der Waals surface area contributed by atoms with Crippen LogP contribution in [0.4, 0.5) is 17.1 Å². The van der Waals surface area contributed by atoms with E-state index in [4.69, 9.17) is 5.73 Å². The minimum atomic E-state index is -0.514. The first-order valence-electron chi connectivity index (χ1n) is 8.17. The van der Waals surface area contributed by atoms with Gasteiger partial charge in [-0.25, -0.2) is 4.98 Å². The van der Waals surface area contributed by atoms with Crippen LogP contribution in [-0.4, -0.2) is 15.8 Å². The van der Waals surface area contributed by atoms with E-state index in [0.717, 1.165) is 21.8 Å². The summed E-state index contributed by atoms with van der Waals surface area (Å²) in [6.07, 6.45) is 0. The third-order valence-electron chi connectivity index (χ3n) is 4.33. The summed E-state index contributed by atoms with van der Waals surface area (Å²) >= 11 is 0. The molecular weight excluding hydrogens is 344 g/mol. The molecule has 0 fully saturated rings. The Morgan fingerprint density at radius 3 is 2.48 bits per heavy atom. The highest BCUT2D eigenvalue weighted by Crippen LogP contribution is 2.30. The molecule has 7 heteroatoms. The molecule has 3 aromatic carbocycles. The van der Waals surface area contributed by atoms with Gasteiger partial charge in [0.2, 0.25) is 0 Å². The zero-order valence-electron chi connectivity index (χ0n) is 14.0. The van der Waals surface area contributed by atoms with Crippen LogP contribution in [0.15, 0.2) is 66.7 Å². The SMILES string of the molecule is Nc1c(NC(=O)c2ccc([N+](=O)[O-])cc2)ccc2nc3ccccc3cc12. The average molecular weight is 358 g/mol. The van der Waals surface area contributed by atoms with E-state index in [1.165, 1.54) is 24.3 Å². The Hall–Kier alpha value is -4.00. The predicted octanol–water partition coefficient (Wildman–Crippen LogP) is 4.13. The van der Waals surface area contributed by atoms with Crippen molar-refractivity contribution in [3.8, 4) is 0 Å². The third-order valence-corrected chi connectivity index (χ3v) is 4.33. The molecule has 0 unspecified atom stereocenters. The smallest absolute Gasteiger partial charge is 0.269 e. The first kappa shape index (κ1) is 16.5. The standard InChI is InChI=1S/C20H14N4O3/c21-19-15-11-13-3-1-2-4-16(13)22-17(15)9-10-18(19)23-20(25)12-5-7-14(8-6-12)24(26)27/h1-11H,21H2,(H,23,25). The first-order valence-corrected chi connectivity index (χ1v) is 8.17. The molecule has 4 rings (SSSR count). The van der Waals surface area contributed by atoms with Gasteiger partial charge >= 0.3 is 0 Å². The number of amides is 1. The molecule has 0 bridgehead atoms. The zero-order valence-corrected chi connectivity index (χ0v) is 14.0. The number of para-hydroxylation sites is 1. The highest BCUT2D eigenvalue weighted by Gasteiger charge is 2.13. The number of nitro benzene ring substituents is 1. The number of nitrogens with one attached hydrogen (secondary N) is 1. The van der Waals surface area contributed by atoms with Crippen molar-refractivity contribution in [1.29, 1.82) is 0 Å². The van der Waals surface area contributed by atoms with Crippen molar-refractivity contribution in [2.75, 3.05) is 11.1 Å². The Morgan fingerprint density at radius 2 is 1.74 bits per heavy atom. The van der Waals surface area contributed by atoms with Crippen LogP contribution in [-0.2, 0) is 0 Å². The number of hydrogen-bond acceptors (Lipinski definition) is 5. The molecule has 4 aromatic rings. The minimum Gasteiger partial charge on any atom is -0.396 e. The van der Waals surface area contributed by atoms with E-state index in [9.17, 15) is 14.9 Å². The largest absolute Gasteiger partial charge is 0.396 e. The van der Waals surface area contributed by atoms with E-state index in [1.54, 1.807) is 12.1 Å². The lowest BCUT2D eigenvalue weighted by Crippen LogP contribution is -2.13. The highest BCUT2D eigenvalue weighted by molar-refractivity contribution is 6.10. The molecule has 27 heavy (non-hydrogen) atoms. The molecule has 132 valence electrons. The van der Waals surface area contributed by atoms with Crippen molar-refractivity contribution >= 4 is 44.8 Å². The summed E-state index contributed by atoms with van der Waals surface area (Å²) in [7, 11) is 0. The second-order valence-corrected chi connectivity index (χ2v) is 6.03. The average Bonchev–Trinajstić information content (AvgIpc) is 2.69. The number of rotatable bonds is 3. The van der Waals surface area contributed by atoms with Crippen LogP contribution in [0.1, 0.15) is 10.4 Å². The fraction of sp³-hybridized carbons (Fsp3) is 0. The third kappa shape index (κ3) is 3.02.